The Morgan fingerprint density at radius 1 is 1.24 bits per heavy atom. The summed E-state index contributed by atoms with van der Waals surface area (Å²) in [5.74, 6) is 0.929. The highest BCUT2D eigenvalue weighted by molar-refractivity contribution is 5.99. The fourth-order valence-corrected chi connectivity index (χ4v) is 3.51. The van der Waals surface area contributed by atoms with E-state index in [2.05, 4.69) is 39.1 Å². The fourth-order valence-electron chi connectivity index (χ4n) is 3.51. The number of ether oxygens (including phenoxy) is 1. The average Bonchev–Trinajstić information content (AvgIpc) is 3.21. The molecule has 3 rings (SSSR count). The van der Waals surface area contributed by atoms with Gasteiger partial charge in [-0.2, -0.15) is 0 Å². The number of hydrogen-bond acceptors (Lipinski definition) is 5. The van der Waals surface area contributed by atoms with Crippen LogP contribution in [0.1, 0.15) is 36.3 Å². The molecule has 33 heavy (non-hydrogen) atoms. The number of nitrogens with one attached hydrogen (secondary N) is 3. The molecule has 7 heteroatoms. The van der Waals surface area contributed by atoms with E-state index in [0.29, 0.717) is 29.5 Å². The van der Waals surface area contributed by atoms with Crippen molar-refractivity contribution in [2.75, 3.05) is 24.3 Å². The normalized spacial score (nSPS) is 15.5. The van der Waals surface area contributed by atoms with E-state index in [0.717, 1.165) is 24.2 Å². The van der Waals surface area contributed by atoms with Gasteiger partial charge in [0.1, 0.15) is 11.7 Å². The Labute approximate surface area is 195 Å². The van der Waals surface area contributed by atoms with Gasteiger partial charge in [0.15, 0.2) is 0 Å². The standard InChI is InChI=1S/C26H31N5O2/c1-6-15-27-26(32)22(16-28-19(4)30-21-11-7-17(2)8-12-21)18(3)29-24-14-10-20-9-13-23(33-5)25(20)31-24/h6-8,10-12,14,16,23H,1,3,9,13,15H2,2,4-5H3,(H,27,32)(H,28,30)(H,29,31)/b22-16+. The Hall–Kier alpha value is -3.71. The molecule has 1 aromatic carbocycles. The second-order valence-electron chi connectivity index (χ2n) is 7.85. The second kappa shape index (κ2) is 11.2. The first kappa shape index (κ1) is 23.9. The summed E-state index contributed by atoms with van der Waals surface area (Å²) < 4.78 is 5.53. The topological polar surface area (TPSA) is 87.6 Å². The van der Waals surface area contributed by atoms with Crippen LogP contribution in [0, 0.1) is 6.92 Å². The molecular formula is C26H31N5O2. The van der Waals surface area contributed by atoms with Crippen molar-refractivity contribution in [3.8, 4) is 0 Å². The van der Waals surface area contributed by atoms with Crippen LogP contribution in [0.4, 0.5) is 11.5 Å². The summed E-state index contributed by atoms with van der Waals surface area (Å²) in [5, 5.41) is 9.14. The number of nitrogens with zero attached hydrogens (tertiary/aromatic N) is 2. The van der Waals surface area contributed by atoms with E-state index in [1.807, 2.05) is 50.2 Å². The van der Waals surface area contributed by atoms with Crippen molar-refractivity contribution >= 4 is 23.2 Å². The van der Waals surface area contributed by atoms with Gasteiger partial charge in [-0.3, -0.25) is 4.79 Å². The lowest BCUT2D eigenvalue weighted by Gasteiger charge is -2.14. The third-order valence-corrected chi connectivity index (χ3v) is 5.30. The lowest BCUT2D eigenvalue weighted by Crippen LogP contribution is -2.27. The molecular weight excluding hydrogens is 414 g/mol. The Morgan fingerprint density at radius 3 is 2.70 bits per heavy atom. The highest BCUT2D eigenvalue weighted by Crippen LogP contribution is 2.33. The van der Waals surface area contributed by atoms with Crippen LogP contribution in [0.25, 0.3) is 0 Å². The molecule has 2 aromatic rings. The van der Waals surface area contributed by atoms with Crippen LogP contribution >= 0.6 is 0 Å². The number of aliphatic imine (C=N–C) groups is 1. The van der Waals surface area contributed by atoms with Crippen LogP contribution in [0.15, 0.2) is 78.1 Å². The molecule has 1 unspecified atom stereocenters. The van der Waals surface area contributed by atoms with Gasteiger partial charge in [-0.1, -0.05) is 36.4 Å². The molecule has 1 aliphatic carbocycles. The fraction of sp³-hybridized carbons (Fsp3) is 0.269. The molecule has 0 bridgehead atoms. The average molecular weight is 446 g/mol. The third-order valence-electron chi connectivity index (χ3n) is 5.30. The van der Waals surface area contributed by atoms with Gasteiger partial charge in [0.25, 0.3) is 5.91 Å². The van der Waals surface area contributed by atoms with E-state index in [1.165, 1.54) is 17.3 Å². The highest BCUT2D eigenvalue weighted by Gasteiger charge is 2.24. The van der Waals surface area contributed by atoms with Crippen molar-refractivity contribution in [3.05, 3.63) is 89.9 Å². The first-order valence-corrected chi connectivity index (χ1v) is 10.9. The summed E-state index contributed by atoms with van der Waals surface area (Å²) >= 11 is 0. The van der Waals surface area contributed by atoms with E-state index >= 15 is 0 Å². The highest BCUT2D eigenvalue weighted by atomic mass is 16.5. The molecule has 1 heterocycles. The molecule has 7 nitrogen and oxygen atoms in total. The Bertz CT molecular complexity index is 1090. The van der Waals surface area contributed by atoms with Crippen LogP contribution in [0.3, 0.4) is 0 Å². The van der Waals surface area contributed by atoms with Gasteiger partial charge < -0.3 is 20.7 Å². The summed E-state index contributed by atoms with van der Waals surface area (Å²) in [6.07, 6.45) is 4.96. The number of aromatic nitrogens is 1. The van der Waals surface area contributed by atoms with Gasteiger partial charge in [0.05, 0.1) is 17.4 Å². The molecule has 1 atom stereocenters. The molecule has 0 saturated heterocycles. The zero-order valence-corrected chi connectivity index (χ0v) is 19.4. The SMILES string of the molecule is C=CCNC(=O)/C(=C/N=C(C)Nc1ccc(C)cc1)C(=C)Nc1ccc2c(n1)C(OC)CC2. The smallest absolute Gasteiger partial charge is 0.255 e. The molecule has 1 aromatic heterocycles. The summed E-state index contributed by atoms with van der Waals surface area (Å²) in [5.41, 5.74) is 4.89. The van der Waals surface area contributed by atoms with Crippen molar-refractivity contribution in [2.24, 2.45) is 4.99 Å². The number of carbonyl (C=O) groups is 1. The molecule has 0 saturated carbocycles. The van der Waals surface area contributed by atoms with Crippen molar-refractivity contribution in [1.82, 2.24) is 10.3 Å². The number of amidine groups is 1. The molecule has 0 fully saturated rings. The van der Waals surface area contributed by atoms with Crippen LogP contribution < -0.4 is 16.0 Å². The maximum absolute atomic E-state index is 12.8. The van der Waals surface area contributed by atoms with Crippen LogP contribution in [0.2, 0.25) is 0 Å². The number of amides is 1. The van der Waals surface area contributed by atoms with E-state index < -0.39 is 0 Å². The van der Waals surface area contributed by atoms with Crippen molar-refractivity contribution in [2.45, 2.75) is 32.8 Å². The zero-order valence-electron chi connectivity index (χ0n) is 19.4. The maximum atomic E-state index is 12.8. The van der Waals surface area contributed by atoms with Gasteiger partial charge >= 0.3 is 0 Å². The number of methoxy groups -OCH3 is 1. The van der Waals surface area contributed by atoms with Gasteiger partial charge in [-0.05, 0) is 50.5 Å². The lowest BCUT2D eigenvalue weighted by molar-refractivity contribution is -0.117. The van der Waals surface area contributed by atoms with E-state index in [1.54, 1.807) is 13.2 Å². The minimum Gasteiger partial charge on any atom is -0.375 e. The molecule has 0 spiro atoms. The van der Waals surface area contributed by atoms with Crippen LogP contribution in [-0.4, -0.2) is 30.4 Å². The van der Waals surface area contributed by atoms with Gasteiger partial charge in [-0.25, -0.2) is 9.98 Å². The summed E-state index contributed by atoms with van der Waals surface area (Å²) in [7, 11) is 1.69. The second-order valence-corrected chi connectivity index (χ2v) is 7.85. The van der Waals surface area contributed by atoms with Crippen LogP contribution in [0.5, 0.6) is 0 Å². The molecule has 3 N–H and O–H groups in total. The van der Waals surface area contributed by atoms with Gasteiger partial charge in [0, 0.05) is 31.2 Å². The van der Waals surface area contributed by atoms with E-state index in [9.17, 15) is 4.79 Å². The number of carbonyl (C=O) groups excluding carboxylic acids is 1. The van der Waals surface area contributed by atoms with Crippen molar-refractivity contribution in [3.63, 3.8) is 0 Å². The van der Waals surface area contributed by atoms with Crippen molar-refractivity contribution < 1.29 is 9.53 Å². The minimum atomic E-state index is -0.310. The molecule has 0 radical (unpaired) electrons. The number of pyridine rings is 1. The minimum absolute atomic E-state index is 0.0129. The Morgan fingerprint density at radius 2 is 2.00 bits per heavy atom. The van der Waals surface area contributed by atoms with Gasteiger partial charge in [0.2, 0.25) is 0 Å². The monoisotopic (exact) mass is 445 g/mol. The molecule has 172 valence electrons. The third kappa shape index (κ3) is 6.40. The number of fused-ring (bicyclic) bond motifs is 1. The predicted molar refractivity (Wildman–Crippen MR) is 134 cm³/mol. The Kier molecular flexibility index (Phi) is 8.16. The van der Waals surface area contributed by atoms with E-state index in [-0.39, 0.29) is 12.0 Å². The number of hydrogen-bond donors (Lipinski definition) is 3. The molecule has 1 amide bonds. The quantitative estimate of drug-likeness (QED) is 0.172. The predicted octanol–water partition coefficient (Wildman–Crippen LogP) is 4.67. The molecule has 0 aliphatic heterocycles. The summed E-state index contributed by atoms with van der Waals surface area (Å²) in [6.45, 7) is 11.9. The first-order valence-electron chi connectivity index (χ1n) is 10.9. The molecule has 1 aliphatic rings. The zero-order chi connectivity index (χ0) is 23.8. The van der Waals surface area contributed by atoms with Gasteiger partial charge in [-0.15, -0.1) is 6.58 Å². The number of rotatable bonds is 9. The largest absolute Gasteiger partial charge is 0.375 e. The van der Waals surface area contributed by atoms with E-state index in [4.69, 9.17) is 4.74 Å². The Balaban J connectivity index is 1.79. The summed E-state index contributed by atoms with van der Waals surface area (Å²) in [4.78, 5) is 21.9. The van der Waals surface area contributed by atoms with Crippen LogP contribution in [-0.2, 0) is 16.0 Å². The first-order chi connectivity index (χ1) is 15.9. The maximum Gasteiger partial charge on any atom is 0.255 e. The number of aryl methyl sites for hydroxylation is 2. The summed E-state index contributed by atoms with van der Waals surface area (Å²) in [6, 6.07) is 11.9. The lowest BCUT2D eigenvalue weighted by atomic mass is 10.2. The number of anilines is 2. The van der Waals surface area contributed by atoms with Crippen molar-refractivity contribution in [1.29, 1.82) is 0 Å². The number of benzene rings is 1.